The van der Waals surface area contributed by atoms with Crippen LogP contribution < -0.4 is 5.73 Å². The fourth-order valence-corrected chi connectivity index (χ4v) is 1.58. The Labute approximate surface area is 86.7 Å². The molecule has 3 N–H and O–H groups in total. The number of nitrogens with one attached hydrogen (secondary N) is 1. The molecule has 3 nitrogen and oxygen atoms in total. The van der Waals surface area contributed by atoms with Gasteiger partial charge in [0.15, 0.2) is 5.16 Å². The largest absolute Gasteiger partial charge is 0.399 e. The molecule has 0 aliphatic carbocycles. The lowest BCUT2D eigenvalue weighted by Crippen LogP contribution is -1.83. The number of imidazole rings is 1. The van der Waals surface area contributed by atoms with E-state index in [2.05, 4.69) is 9.97 Å². The van der Waals surface area contributed by atoms with Crippen LogP contribution in [0.3, 0.4) is 0 Å². The first-order chi connectivity index (χ1) is 6.79. The Bertz CT molecular complexity index is 419. The van der Waals surface area contributed by atoms with Gasteiger partial charge in [0.2, 0.25) is 0 Å². The number of nitrogens with two attached hydrogens (primary N) is 1. The summed E-state index contributed by atoms with van der Waals surface area (Å²) in [5.74, 6) is 0. The van der Waals surface area contributed by atoms with Crippen LogP contribution in [0.25, 0.3) is 11.3 Å². The quantitative estimate of drug-likeness (QED) is 0.584. The lowest BCUT2D eigenvalue weighted by Gasteiger charge is -1.96. The van der Waals surface area contributed by atoms with Gasteiger partial charge < -0.3 is 10.7 Å². The standard InChI is InChI=1S/C10H11N3S/c1-14-10-12-6-9(13-10)7-2-4-8(11)5-3-7/h2-6H,11H2,1H3,(H,12,13). The first kappa shape index (κ1) is 9.15. The zero-order valence-corrected chi connectivity index (χ0v) is 8.64. The van der Waals surface area contributed by atoms with Crippen LogP contribution in [0, 0.1) is 0 Å². The van der Waals surface area contributed by atoms with E-state index in [1.807, 2.05) is 36.7 Å². The molecule has 0 fully saturated rings. The highest BCUT2D eigenvalue weighted by atomic mass is 32.2. The van der Waals surface area contributed by atoms with E-state index in [1.165, 1.54) is 0 Å². The van der Waals surface area contributed by atoms with Crippen molar-refractivity contribution in [3.63, 3.8) is 0 Å². The van der Waals surface area contributed by atoms with Gasteiger partial charge in [-0.3, -0.25) is 0 Å². The molecule has 0 saturated heterocycles. The van der Waals surface area contributed by atoms with E-state index in [9.17, 15) is 0 Å². The molecule has 0 aliphatic heterocycles. The highest BCUT2D eigenvalue weighted by molar-refractivity contribution is 7.98. The maximum absolute atomic E-state index is 5.60. The summed E-state index contributed by atoms with van der Waals surface area (Å²) in [7, 11) is 0. The Morgan fingerprint density at radius 1 is 1.29 bits per heavy atom. The summed E-state index contributed by atoms with van der Waals surface area (Å²) in [6.07, 6.45) is 3.89. The van der Waals surface area contributed by atoms with Crippen LogP contribution in [0.2, 0.25) is 0 Å². The summed E-state index contributed by atoms with van der Waals surface area (Å²) >= 11 is 1.60. The Morgan fingerprint density at radius 2 is 2.00 bits per heavy atom. The highest BCUT2D eigenvalue weighted by Crippen LogP contribution is 2.20. The minimum atomic E-state index is 0.773. The Hall–Kier alpha value is -1.42. The fourth-order valence-electron chi connectivity index (χ4n) is 1.21. The first-order valence-electron chi connectivity index (χ1n) is 4.25. The number of nitrogens with zero attached hydrogens (tertiary/aromatic N) is 1. The number of H-pyrrole nitrogens is 1. The summed E-state index contributed by atoms with van der Waals surface area (Å²) in [5.41, 5.74) is 8.41. The molecular weight excluding hydrogens is 194 g/mol. The second-order valence-electron chi connectivity index (χ2n) is 2.92. The summed E-state index contributed by atoms with van der Waals surface area (Å²) < 4.78 is 0. The molecule has 1 aromatic heterocycles. The molecule has 14 heavy (non-hydrogen) atoms. The molecule has 0 amide bonds. The van der Waals surface area contributed by atoms with Crippen molar-refractivity contribution in [3.05, 3.63) is 30.5 Å². The third kappa shape index (κ3) is 1.75. The van der Waals surface area contributed by atoms with Gasteiger partial charge in [-0.2, -0.15) is 0 Å². The van der Waals surface area contributed by atoms with Crippen molar-refractivity contribution < 1.29 is 0 Å². The lowest BCUT2D eigenvalue weighted by atomic mass is 10.1. The molecule has 0 radical (unpaired) electrons. The van der Waals surface area contributed by atoms with Crippen molar-refractivity contribution in [1.29, 1.82) is 0 Å². The molecule has 0 atom stereocenters. The molecule has 1 heterocycles. The van der Waals surface area contributed by atoms with Gasteiger partial charge in [-0.05, 0) is 18.4 Å². The summed E-state index contributed by atoms with van der Waals surface area (Å²) in [6, 6.07) is 7.69. The molecule has 0 bridgehead atoms. The van der Waals surface area contributed by atoms with Crippen LogP contribution in [0.15, 0.2) is 35.6 Å². The number of nitrogen functional groups attached to an aromatic ring is 1. The van der Waals surface area contributed by atoms with Gasteiger partial charge in [-0.1, -0.05) is 23.9 Å². The van der Waals surface area contributed by atoms with Crippen molar-refractivity contribution in [3.8, 4) is 11.3 Å². The van der Waals surface area contributed by atoms with Gasteiger partial charge in [-0.15, -0.1) is 0 Å². The average Bonchev–Trinajstić information content (AvgIpc) is 2.67. The minimum Gasteiger partial charge on any atom is -0.399 e. The van der Waals surface area contributed by atoms with E-state index in [-0.39, 0.29) is 0 Å². The SMILES string of the molecule is CSc1nc(-c2ccc(N)cc2)c[nH]1. The van der Waals surface area contributed by atoms with Gasteiger partial charge in [0.05, 0.1) is 5.69 Å². The van der Waals surface area contributed by atoms with Gasteiger partial charge in [-0.25, -0.2) is 4.98 Å². The van der Waals surface area contributed by atoms with Crippen LogP contribution in [0.4, 0.5) is 5.69 Å². The van der Waals surface area contributed by atoms with Crippen LogP contribution in [0.5, 0.6) is 0 Å². The molecule has 72 valence electrons. The molecule has 2 rings (SSSR count). The normalized spacial score (nSPS) is 10.4. The van der Waals surface area contributed by atoms with Crippen molar-refractivity contribution >= 4 is 17.4 Å². The van der Waals surface area contributed by atoms with Gasteiger partial charge in [0, 0.05) is 17.4 Å². The predicted molar refractivity (Wildman–Crippen MR) is 60.2 cm³/mol. The monoisotopic (exact) mass is 205 g/mol. The van der Waals surface area contributed by atoms with E-state index in [0.29, 0.717) is 0 Å². The number of anilines is 1. The number of benzene rings is 1. The van der Waals surface area contributed by atoms with Crippen LogP contribution >= 0.6 is 11.8 Å². The van der Waals surface area contributed by atoms with Crippen molar-refractivity contribution in [2.24, 2.45) is 0 Å². The number of aromatic nitrogens is 2. The maximum atomic E-state index is 5.60. The van der Waals surface area contributed by atoms with Crippen molar-refractivity contribution in [2.45, 2.75) is 5.16 Å². The van der Waals surface area contributed by atoms with Crippen molar-refractivity contribution in [1.82, 2.24) is 9.97 Å². The number of aromatic amines is 1. The summed E-state index contributed by atoms with van der Waals surface area (Å²) in [6.45, 7) is 0. The topological polar surface area (TPSA) is 54.7 Å². The van der Waals surface area contributed by atoms with E-state index in [1.54, 1.807) is 11.8 Å². The molecule has 4 heteroatoms. The molecule has 0 aliphatic rings. The third-order valence-electron chi connectivity index (χ3n) is 1.95. The lowest BCUT2D eigenvalue weighted by molar-refractivity contribution is 1.06. The van der Waals surface area contributed by atoms with E-state index < -0.39 is 0 Å². The Morgan fingerprint density at radius 3 is 2.57 bits per heavy atom. The average molecular weight is 205 g/mol. The zero-order chi connectivity index (χ0) is 9.97. The minimum absolute atomic E-state index is 0.773. The molecule has 0 saturated carbocycles. The molecule has 0 spiro atoms. The molecule has 0 unspecified atom stereocenters. The number of hydrogen-bond acceptors (Lipinski definition) is 3. The van der Waals surface area contributed by atoms with E-state index >= 15 is 0 Å². The highest BCUT2D eigenvalue weighted by Gasteiger charge is 2.01. The Kier molecular flexibility index (Phi) is 2.45. The van der Waals surface area contributed by atoms with Crippen LogP contribution in [0.1, 0.15) is 0 Å². The van der Waals surface area contributed by atoms with Crippen LogP contribution in [-0.4, -0.2) is 16.2 Å². The zero-order valence-electron chi connectivity index (χ0n) is 7.82. The molecule has 2 aromatic rings. The summed E-state index contributed by atoms with van der Waals surface area (Å²) in [4.78, 5) is 7.48. The molecule has 1 aromatic carbocycles. The number of thioether (sulfide) groups is 1. The Balaban J connectivity index is 2.34. The van der Waals surface area contributed by atoms with Gasteiger partial charge in [0.25, 0.3) is 0 Å². The van der Waals surface area contributed by atoms with Crippen molar-refractivity contribution in [2.75, 3.05) is 12.0 Å². The molecular formula is C10H11N3S. The summed E-state index contributed by atoms with van der Waals surface area (Å²) in [5, 5.41) is 0.928. The second-order valence-corrected chi connectivity index (χ2v) is 3.71. The second kappa shape index (κ2) is 3.75. The first-order valence-corrected chi connectivity index (χ1v) is 5.47. The maximum Gasteiger partial charge on any atom is 0.165 e. The fraction of sp³-hybridized carbons (Fsp3) is 0.100. The van der Waals surface area contributed by atoms with Crippen LogP contribution in [-0.2, 0) is 0 Å². The van der Waals surface area contributed by atoms with Gasteiger partial charge in [0.1, 0.15) is 0 Å². The number of hydrogen-bond donors (Lipinski definition) is 2. The smallest absolute Gasteiger partial charge is 0.165 e. The van der Waals surface area contributed by atoms with E-state index in [4.69, 9.17) is 5.73 Å². The predicted octanol–water partition coefficient (Wildman–Crippen LogP) is 2.38. The number of rotatable bonds is 2. The van der Waals surface area contributed by atoms with E-state index in [0.717, 1.165) is 22.1 Å². The third-order valence-corrected chi connectivity index (χ3v) is 2.55. The van der Waals surface area contributed by atoms with Gasteiger partial charge >= 0.3 is 0 Å².